The maximum atomic E-state index is 13.9. The summed E-state index contributed by atoms with van der Waals surface area (Å²) >= 11 is 0. The van der Waals surface area contributed by atoms with Crippen molar-refractivity contribution in [2.75, 3.05) is 36.9 Å². The maximum Gasteiger partial charge on any atom is 0.253 e. The standard InChI is InChI=1S/C41H38FN3O5S/c1-4-37(46)39-34-24-33(36(45(22-19-42)51(3,48)49)25-38(34)50-40(39)30-15-13-27(2)14-16-30)31-11-8-12-32(23-31)41(47)44-20-17-29(18-21-44)35(26-43)28-9-6-5-7-10-28/h5-16,23-25H,4,17-22H2,1-3H3. The highest BCUT2D eigenvalue weighted by atomic mass is 32.2. The smallest absolute Gasteiger partial charge is 0.253 e. The van der Waals surface area contributed by atoms with E-state index in [0.717, 1.165) is 27.3 Å². The number of nitrogens with zero attached hydrogens (tertiary/aromatic N) is 3. The molecule has 1 aliphatic rings. The van der Waals surface area contributed by atoms with E-state index in [1.54, 1.807) is 42.2 Å². The van der Waals surface area contributed by atoms with Crippen LogP contribution in [0.25, 0.3) is 39.0 Å². The average Bonchev–Trinajstić information content (AvgIpc) is 3.52. The van der Waals surface area contributed by atoms with Crippen molar-refractivity contribution in [1.82, 2.24) is 4.90 Å². The molecule has 51 heavy (non-hydrogen) atoms. The Kier molecular flexibility index (Phi) is 10.2. The van der Waals surface area contributed by atoms with E-state index in [-0.39, 0.29) is 29.4 Å². The van der Waals surface area contributed by atoms with Crippen molar-refractivity contribution in [3.8, 4) is 28.5 Å². The first-order valence-electron chi connectivity index (χ1n) is 16.9. The fourth-order valence-corrected chi connectivity index (χ4v) is 7.57. The van der Waals surface area contributed by atoms with Gasteiger partial charge < -0.3 is 9.32 Å². The third-order valence-corrected chi connectivity index (χ3v) is 10.5. The van der Waals surface area contributed by atoms with Crippen LogP contribution in [0.3, 0.4) is 0 Å². The Hall–Kier alpha value is -5.53. The van der Waals surface area contributed by atoms with Crippen molar-refractivity contribution < 1.29 is 26.8 Å². The second-order valence-electron chi connectivity index (χ2n) is 12.7. The van der Waals surface area contributed by atoms with E-state index in [1.165, 1.54) is 6.07 Å². The van der Waals surface area contributed by atoms with Crippen LogP contribution in [0, 0.1) is 18.3 Å². The molecule has 0 saturated carbocycles. The average molecular weight is 704 g/mol. The number of allylic oxidation sites excluding steroid dienone is 1. The van der Waals surface area contributed by atoms with Gasteiger partial charge in [0, 0.05) is 47.7 Å². The number of halogens is 1. The maximum absolute atomic E-state index is 13.9. The summed E-state index contributed by atoms with van der Waals surface area (Å²) in [5, 5.41) is 10.4. The number of ketones is 1. The van der Waals surface area contributed by atoms with E-state index >= 15 is 0 Å². The number of carbonyl (C=O) groups is 2. The predicted molar refractivity (Wildman–Crippen MR) is 199 cm³/mol. The zero-order valence-electron chi connectivity index (χ0n) is 28.8. The fraction of sp³-hybridized carbons (Fsp3) is 0.244. The third kappa shape index (κ3) is 7.21. The Labute approximate surface area is 297 Å². The van der Waals surface area contributed by atoms with E-state index in [0.29, 0.717) is 70.5 Å². The van der Waals surface area contributed by atoms with Crippen LogP contribution in [-0.4, -0.2) is 57.6 Å². The van der Waals surface area contributed by atoms with Crippen LogP contribution in [-0.2, 0) is 10.0 Å². The van der Waals surface area contributed by atoms with Gasteiger partial charge in [-0.15, -0.1) is 0 Å². The number of amides is 1. The molecule has 0 spiro atoms. The number of furan rings is 1. The first kappa shape index (κ1) is 35.3. The Bertz CT molecular complexity index is 2300. The molecule has 1 saturated heterocycles. The van der Waals surface area contributed by atoms with Crippen molar-refractivity contribution in [3.05, 3.63) is 119 Å². The summed E-state index contributed by atoms with van der Waals surface area (Å²) in [6, 6.07) is 29.5. The van der Waals surface area contributed by atoms with Crippen LogP contribution in [0.5, 0.6) is 0 Å². The van der Waals surface area contributed by atoms with Gasteiger partial charge in [0.1, 0.15) is 18.0 Å². The normalized spacial score (nSPS) is 13.2. The molecular formula is C41H38FN3O5S. The van der Waals surface area contributed by atoms with E-state index in [2.05, 4.69) is 6.07 Å². The minimum absolute atomic E-state index is 0.152. The second kappa shape index (κ2) is 14.8. The summed E-state index contributed by atoms with van der Waals surface area (Å²) in [4.78, 5) is 29.1. The van der Waals surface area contributed by atoms with E-state index in [4.69, 9.17) is 4.42 Å². The van der Waals surface area contributed by atoms with E-state index in [1.807, 2.05) is 61.5 Å². The molecule has 0 N–H and O–H groups in total. The highest BCUT2D eigenvalue weighted by Crippen LogP contribution is 2.42. The number of sulfonamides is 1. The molecule has 0 radical (unpaired) electrons. The molecule has 260 valence electrons. The quantitative estimate of drug-likeness (QED) is 0.106. The van der Waals surface area contributed by atoms with Gasteiger partial charge in [-0.3, -0.25) is 13.9 Å². The molecule has 1 fully saturated rings. The summed E-state index contributed by atoms with van der Waals surface area (Å²) in [5.74, 6) is 0.0129. The lowest BCUT2D eigenvalue weighted by Gasteiger charge is -2.29. The van der Waals surface area contributed by atoms with Gasteiger partial charge in [-0.1, -0.05) is 79.2 Å². The molecule has 2 heterocycles. The number of piperidine rings is 1. The third-order valence-electron chi connectivity index (χ3n) is 9.28. The van der Waals surface area contributed by atoms with Crippen LogP contribution < -0.4 is 4.31 Å². The number of hydrogen-bond donors (Lipinski definition) is 0. The molecule has 5 aromatic rings. The van der Waals surface area contributed by atoms with Crippen LogP contribution in [0.15, 0.2) is 101 Å². The number of alkyl halides is 1. The minimum Gasteiger partial charge on any atom is -0.455 e. The molecule has 8 nitrogen and oxygen atoms in total. The predicted octanol–water partition coefficient (Wildman–Crippen LogP) is 8.62. The molecule has 0 bridgehead atoms. The number of aryl methyl sites for hydroxylation is 1. The zero-order chi connectivity index (χ0) is 36.3. The van der Waals surface area contributed by atoms with Gasteiger partial charge in [-0.05, 0) is 54.7 Å². The van der Waals surface area contributed by atoms with Gasteiger partial charge in [0.05, 0.1) is 35.7 Å². The molecule has 1 amide bonds. The molecule has 6 rings (SSSR count). The summed E-state index contributed by atoms with van der Waals surface area (Å²) in [5.41, 5.74) is 6.38. The fourth-order valence-electron chi connectivity index (χ4n) is 6.66. The van der Waals surface area contributed by atoms with Gasteiger partial charge >= 0.3 is 0 Å². The molecule has 10 heteroatoms. The lowest BCUT2D eigenvalue weighted by Crippen LogP contribution is -2.36. The van der Waals surface area contributed by atoms with E-state index in [9.17, 15) is 27.7 Å². The number of likely N-dealkylation sites (tertiary alicyclic amines) is 1. The second-order valence-corrected chi connectivity index (χ2v) is 14.6. The molecule has 0 unspecified atom stereocenters. The van der Waals surface area contributed by atoms with Crippen molar-refractivity contribution >= 4 is 43.9 Å². The SMILES string of the molecule is CCC(=O)c1c(-c2ccc(C)cc2)oc2cc(N(CCF)S(C)(=O)=O)c(-c3cccc(C(=O)N4CCC(=C(C#N)c5ccccc5)CC4)c3)cc12. The molecule has 0 aliphatic carbocycles. The van der Waals surface area contributed by atoms with Gasteiger partial charge in [0.2, 0.25) is 10.0 Å². The van der Waals surface area contributed by atoms with Crippen LogP contribution in [0.1, 0.15) is 58.0 Å². The number of nitriles is 1. The van der Waals surface area contributed by atoms with Gasteiger partial charge in [0.15, 0.2) is 5.78 Å². The Morgan fingerprint density at radius 2 is 1.61 bits per heavy atom. The summed E-state index contributed by atoms with van der Waals surface area (Å²) in [7, 11) is -3.96. The number of benzene rings is 4. The number of carbonyl (C=O) groups excluding carboxylic acids is 2. The lowest BCUT2D eigenvalue weighted by molar-refractivity contribution is 0.0743. The highest BCUT2D eigenvalue weighted by Gasteiger charge is 2.28. The van der Waals surface area contributed by atoms with Gasteiger partial charge in [-0.2, -0.15) is 5.26 Å². The summed E-state index contributed by atoms with van der Waals surface area (Å²) in [6.07, 6.45) is 2.35. The van der Waals surface area contributed by atoms with Crippen molar-refractivity contribution in [3.63, 3.8) is 0 Å². The molecule has 4 aromatic carbocycles. The zero-order valence-corrected chi connectivity index (χ0v) is 29.6. The first-order valence-corrected chi connectivity index (χ1v) is 18.7. The Morgan fingerprint density at radius 1 is 0.922 bits per heavy atom. The molecule has 1 aromatic heterocycles. The topological polar surface area (TPSA) is 112 Å². The largest absolute Gasteiger partial charge is 0.455 e. The molecule has 1 aliphatic heterocycles. The summed E-state index contributed by atoms with van der Waals surface area (Å²) in [6.45, 7) is 3.23. The number of Topliss-reactive ketones (excluding diaryl/α,β-unsaturated/α-hetero) is 1. The van der Waals surface area contributed by atoms with E-state index < -0.39 is 23.2 Å². The Morgan fingerprint density at radius 3 is 2.24 bits per heavy atom. The van der Waals surface area contributed by atoms with Crippen LogP contribution in [0.4, 0.5) is 10.1 Å². The highest BCUT2D eigenvalue weighted by molar-refractivity contribution is 7.92. The van der Waals surface area contributed by atoms with Gasteiger partial charge in [0.25, 0.3) is 5.91 Å². The number of hydrogen-bond acceptors (Lipinski definition) is 6. The molecule has 0 atom stereocenters. The van der Waals surface area contributed by atoms with Crippen molar-refractivity contribution in [2.24, 2.45) is 0 Å². The van der Waals surface area contributed by atoms with Gasteiger partial charge in [-0.25, -0.2) is 12.8 Å². The Balaban J connectivity index is 1.43. The number of rotatable bonds is 10. The number of anilines is 1. The number of fused-ring (bicyclic) bond motifs is 1. The van der Waals surface area contributed by atoms with Crippen molar-refractivity contribution in [2.45, 2.75) is 33.1 Å². The van der Waals surface area contributed by atoms with Crippen LogP contribution in [0.2, 0.25) is 0 Å². The van der Waals surface area contributed by atoms with Crippen LogP contribution >= 0.6 is 0 Å². The minimum atomic E-state index is -3.96. The molecular weight excluding hydrogens is 666 g/mol. The first-order chi connectivity index (χ1) is 24.5. The monoisotopic (exact) mass is 703 g/mol. The lowest BCUT2D eigenvalue weighted by atomic mass is 9.93. The summed E-state index contributed by atoms with van der Waals surface area (Å²) < 4.78 is 47.4. The van der Waals surface area contributed by atoms with Crippen molar-refractivity contribution in [1.29, 1.82) is 5.26 Å².